The molecule has 0 aliphatic carbocycles. The SMILES string of the molecule is CC(C)[C@H](NC(=O)c1cccc(N2CCCNC2=O)c1)C(=O)O. The van der Waals surface area contributed by atoms with Gasteiger partial charge in [0.1, 0.15) is 6.04 Å². The minimum absolute atomic E-state index is 0.195. The Morgan fingerprint density at radius 2 is 2.09 bits per heavy atom. The summed E-state index contributed by atoms with van der Waals surface area (Å²) in [5, 5.41) is 14.4. The number of hydrogen-bond donors (Lipinski definition) is 3. The summed E-state index contributed by atoms with van der Waals surface area (Å²) < 4.78 is 0. The second-order valence-electron chi connectivity index (χ2n) is 5.82. The zero-order valence-corrected chi connectivity index (χ0v) is 13.2. The minimum atomic E-state index is -1.07. The van der Waals surface area contributed by atoms with E-state index in [1.165, 1.54) is 0 Å². The van der Waals surface area contributed by atoms with Crippen molar-refractivity contribution in [3.8, 4) is 0 Å². The Bertz CT molecular complexity index is 615. The molecule has 0 bridgehead atoms. The van der Waals surface area contributed by atoms with Crippen molar-refractivity contribution in [2.75, 3.05) is 18.0 Å². The largest absolute Gasteiger partial charge is 0.480 e. The molecule has 0 unspecified atom stereocenters. The summed E-state index contributed by atoms with van der Waals surface area (Å²) >= 11 is 0. The molecule has 7 nitrogen and oxygen atoms in total. The predicted molar refractivity (Wildman–Crippen MR) is 85.5 cm³/mol. The molecule has 1 aromatic carbocycles. The van der Waals surface area contributed by atoms with E-state index >= 15 is 0 Å². The highest BCUT2D eigenvalue weighted by Crippen LogP contribution is 2.18. The maximum atomic E-state index is 12.3. The first-order valence-electron chi connectivity index (χ1n) is 7.59. The van der Waals surface area contributed by atoms with Crippen LogP contribution in [-0.4, -0.2) is 42.1 Å². The molecule has 1 fully saturated rings. The zero-order valence-electron chi connectivity index (χ0n) is 13.2. The summed E-state index contributed by atoms with van der Waals surface area (Å²) in [4.78, 5) is 36.9. The van der Waals surface area contributed by atoms with Gasteiger partial charge in [-0.2, -0.15) is 0 Å². The van der Waals surface area contributed by atoms with Crippen molar-refractivity contribution in [1.82, 2.24) is 10.6 Å². The molecule has 3 N–H and O–H groups in total. The number of aliphatic carboxylic acids is 1. The Balaban J connectivity index is 2.17. The lowest BCUT2D eigenvalue weighted by Gasteiger charge is -2.27. The number of nitrogens with one attached hydrogen (secondary N) is 2. The van der Waals surface area contributed by atoms with Gasteiger partial charge in [-0.1, -0.05) is 19.9 Å². The average molecular weight is 319 g/mol. The molecule has 0 radical (unpaired) electrons. The number of rotatable bonds is 5. The normalized spacial score (nSPS) is 16.0. The van der Waals surface area contributed by atoms with Gasteiger partial charge in [-0.05, 0) is 30.5 Å². The minimum Gasteiger partial charge on any atom is -0.480 e. The average Bonchev–Trinajstić information content (AvgIpc) is 2.52. The van der Waals surface area contributed by atoms with Crippen molar-refractivity contribution >= 4 is 23.6 Å². The zero-order chi connectivity index (χ0) is 17.0. The Kier molecular flexibility index (Phi) is 5.20. The van der Waals surface area contributed by atoms with Crippen LogP contribution in [0.1, 0.15) is 30.6 Å². The molecule has 1 aliphatic rings. The Morgan fingerprint density at radius 1 is 1.35 bits per heavy atom. The number of amides is 3. The predicted octanol–water partition coefficient (Wildman–Crippen LogP) is 1.45. The van der Waals surface area contributed by atoms with Crippen LogP contribution >= 0.6 is 0 Å². The van der Waals surface area contributed by atoms with Crippen LogP contribution in [0.5, 0.6) is 0 Å². The summed E-state index contributed by atoms with van der Waals surface area (Å²) in [5.41, 5.74) is 0.944. The van der Waals surface area contributed by atoms with Crippen LogP contribution in [0.4, 0.5) is 10.5 Å². The van der Waals surface area contributed by atoms with Crippen LogP contribution in [-0.2, 0) is 4.79 Å². The van der Waals surface area contributed by atoms with E-state index in [9.17, 15) is 14.4 Å². The molecule has 124 valence electrons. The lowest BCUT2D eigenvalue weighted by molar-refractivity contribution is -0.140. The molecule has 0 aromatic heterocycles. The number of carbonyl (C=O) groups excluding carboxylic acids is 2. The number of urea groups is 1. The van der Waals surface area contributed by atoms with E-state index in [4.69, 9.17) is 5.11 Å². The maximum Gasteiger partial charge on any atom is 0.326 e. The van der Waals surface area contributed by atoms with Crippen LogP contribution in [0.2, 0.25) is 0 Å². The van der Waals surface area contributed by atoms with Crippen molar-refractivity contribution in [3.05, 3.63) is 29.8 Å². The molecule has 1 aromatic rings. The molecule has 7 heteroatoms. The maximum absolute atomic E-state index is 12.3. The fourth-order valence-electron chi connectivity index (χ4n) is 2.43. The molecule has 23 heavy (non-hydrogen) atoms. The summed E-state index contributed by atoms with van der Waals surface area (Å²) in [6.45, 7) is 4.69. The van der Waals surface area contributed by atoms with Crippen LogP contribution in [0.15, 0.2) is 24.3 Å². The smallest absolute Gasteiger partial charge is 0.326 e. The van der Waals surface area contributed by atoms with Crippen molar-refractivity contribution < 1.29 is 19.5 Å². The van der Waals surface area contributed by atoms with E-state index in [0.717, 1.165) is 6.42 Å². The monoisotopic (exact) mass is 319 g/mol. The molecule has 1 atom stereocenters. The number of carboxylic acid groups (broad SMARTS) is 1. The van der Waals surface area contributed by atoms with E-state index in [1.54, 1.807) is 43.0 Å². The highest BCUT2D eigenvalue weighted by Gasteiger charge is 2.25. The second-order valence-corrected chi connectivity index (χ2v) is 5.82. The second kappa shape index (κ2) is 7.13. The first kappa shape index (κ1) is 16.8. The van der Waals surface area contributed by atoms with Gasteiger partial charge in [-0.25, -0.2) is 9.59 Å². The molecule has 1 heterocycles. The highest BCUT2D eigenvalue weighted by molar-refractivity contribution is 5.99. The van der Waals surface area contributed by atoms with Crippen molar-refractivity contribution in [3.63, 3.8) is 0 Å². The quantitative estimate of drug-likeness (QED) is 0.765. The molecule has 3 amide bonds. The van der Waals surface area contributed by atoms with Crippen LogP contribution in [0.3, 0.4) is 0 Å². The third-order valence-corrected chi connectivity index (χ3v) is 3.72. The van der Waals surface area contributed by atoms with Gasteiger partial charge in [0.25, 0.3) is 5.91 Å². The van der Waals surface area contributed by atoms with Gasteiger partial charge in [0.05, 0.1) is 0 Å². The summed E-state index contributed by atoms with van der Waals surface area (Å²) in [6, 6.07) is 5.47. The topological polar surface area (TPSA) is 98.7 Å². The van der Waals surface area contributed by atoms with E-state index in [0.29, 0.717) is 24.3 Å². The molecule has 0 spiro atoms. The van der Waals surface area contributed by atoms with Crippen LogP contribution < -0.4 is 15.5 Å². The third kappa shape index (κ3) is 4.00. The van der Waals surface area contributed by atoms with Gasteiger partial charge in [0.15, 0.2) is 0 Å². The van der Waals surface area contributed by atoms with Gasteiger partial charge in [0.2, 0.25) is 0 Å². The molecular formula is C16H21N3O4. The van der Waals surface area contributed by atoms with Crippen molar-refractivity contribution in [1.29, 1.82) is 0 Å². The lowest BCUT2D eigenvalue weighted by Crippen LogP contribution is -2.46. The Hall–Kier alpha value is -2.57. The summed E-state index contributed by atoms with van der Waals surface area (Å²) in [6.07, 6.45) is 0.830. The van der Waals surface area contributed by atoms with Gasteiger partial charge < -0.3 is 15.7 Å². The number of benzene rings is 1. The van der Waals surface area contributed by atoms with E-state index in [2.05, 4.69) is 10.6 Å². The lowest BCUT2D eigenvalue weighted by atomic mass is 10.0. The Morgan fingerprint density at radius 3 is 2.70 bits per heavy atom. The van der Waals surface area contributed by atoms with E-state index in [-0.39, 0.29) is 11.9 Å². The van der Waals surface area contributed by atoms with E-state index < -0.39 is 17.9 Å². The summed E-state index contributed by atoms with van der Waals surface area (Å²) in [7, 11) is 0. The van der Waals surface area contributed by atoms with Crippen LogP contribution in [0.25, 0.3) is 0 Å². The third-order valence-electron chi connectivity index (χ3n) is 3.72. The molecule has 2 rings (SSSR count). The van der Waals surface area contributed by atoms with Crippen molar-refractivity contribution in [2.24, 2.45) is 5.92 Å². The fraction of sp³-hybridized carbons (Fsp3) is 0.438. The van der Waals surface area contributed by atoms with Gasteiger partial charge >= 0.3 is 12.0 Å². The molecule has 1 aliphatic heterocycles. The first-order chi connectivity index (χ1) is 10.9. The fourth-order valence-corrected chi connectivity index (χ4v) is 2.43. The van der Waals surface area contributed by atoms with Crippen LogP contribution in [0, 0.1) is 5.92 Å². The summed E-state index contributed by atoms with van der Waals surface area (Å²) in [5.74, 6) is -1.77. The van der Waals surface area contributed by atoms with Crippen molar-refractivity contribution in [2.45, 2.75) is 26.3 Å². The molecular weight excluding hydrogens is 298 g/mol. The number of carboxylic acids is 1. The number of hydrogen-bond acceptors (Lipinski definition) is 3. The highest BCUT2D eigenvalue weighted by atomic mass is 16.4. The van der Waals surface area contributed by atoms with Gasteiger partial charge in [-0.15, -0.1) is 0 Å². The van der Waals surface area contributed by atoms with E-state index in [1.807, 2.05) is 0 Å². The Labute approximate surface area is 134 Å². The van der Waals surface area contributed by atoms with Gasteiger partial charge in [0, 0.05) is 24.3 Å². The molecule has 1 saturated heterocycles. The number of nitrogens with zero attached hydrogens (tertiary/aromatic N) is 1. The van der Waals surface area contributed by atoms with Gasteiger partial charge in [-0.3, -0.25) is 9.69 Å². The number of anilines is 1. The first-order valence-corrected chi connectivity index (χ1v) is 7.59. The standard InChI is InChI=1S/C16H21N3O4/c1-10(2)13(15(21)22)18-14(20)11-5-3-6-12(9-11)19-8-4-7-17-16(19)23/h3,5-6,9-10,13H,4,7-8H2,1-2H3,(H,17,23)(H,18,20)(H,21,22)/t13-/m0/s1. The number of carbonyl (C=O) groups is 3. The molecule has 0 saturated carbocycles.